The second-order valence-corrected chi connectivity index (χ2v) is 28.1. The third-order valence-corrected chi connectivity index (χ3v) is 18.9. The van der Waals surface area contributed by atoms with Crippen molar-refractivity contribution in [3.63, 3.8) is 0 Å². The van der Waals surface area contributed by atoms with Crippen molar-refractivity contribution < 1.29 is 88.0 Å². The Bertz CT molecular complexity index is 5340. The number of benzene rings is 7. The number of aromatic hydroxyl groups is 2. The average molecular weight is 1430 g/mol. The molecule has 2 aromatic heterocycles. The first kappa shape index (κ1) is 68.7. The van der Waals surface area contributed by atoms with Crippen LogP contribution in [0.4, 0.5) is 57.9 Å². The first-order valence-corrected chi connectivity index (χ1v) is 34.5. The van der Waals surface area contributed by atoms with Gasteiger partial charge in [-0.15, -0.1) is 20.5 Å². The van der Waals surface area contributed by atoms with E-state index in [-0.39, 0.29) is 81.1 Å². The van der Waals surface area contributed by atoms with Gasteiger partial charge < -0.3 is 31.1 Å². The summed E-state index contributed by atoms with van der Waals surface area (Å²) in [5.41, 5.74) is -3.27. The minimum Gasteiger partial charge on any atom is -0.505 e. The summed E-state index contributed by atoms with van der Waals surface area (Å²) in [6, 6.07) is 16.8. The van der Waals surface area contributed by atoms with Crippen molar-refractivity contribution in [3.8, 4) is 11.5 Å². The molecule has 1 saturated heterocycles. The minimum atomic E-state index is -5.34. The van der Waals surface area contributed by atoms with Crippen LogP contribution in [-0.2, 0) is 60.7 Å². The molecule has 1 aliphatic heterocycles. The smallest absolute Gasteiger partial charge is 0.297 e. The van der Waals surface area contributed by atoms with E-state index in [1.807, 2.05) is 4.90 Å². The van der Waals surface area contributed by atoms with Gasteiger partial charge in [-0.25, -0.2) is 0 Å². The maximum Gasteiger partial charge on any atom is 0.297 e. The molecule has 0 spiro atoms. The van der Waals surface area contributed by atoms with Gasteiger partial charge in [0, 0.05) is 96.1 Å². The molecule has 7 aromatic carbocycles. The SMILES string of the molecule is O=S(=O)(O)c1cc(Nc2nc(Cl)nc(NCCN3CCN(c4nc(Cl)nc(Nc5ccc6c(O)c(N=Nc7ccc8c(S(=O)(=O)O)cccc8c7S(=O)(=O)O)c(S(=O)(=O)O)cc6c5)n4)CC3)n2)c2c(O)c(N=Nc3ccccc3S(=O)(=O)O)c(S(=O)(=O)O)cc2c1.[Na]. The number of hydrogen-bond donors (Lipinski definition) is 11. The van der Waals surface area contributed by atoms with Crippen LogP contribution in [-0.4, -0.2) is 192 Å². The van der Waals surface area contributed by atoms with Crippen LogP contribution in [0.25, 0.3) is 32.3 Å². The number of aromatic nitrogens is 6. The standard InChI is InChI=1S/C48H39Cl2N15O20S6.Na/c49-43-54-45(58-47(55-43)53-32-22-26(86(68,69)70)19-24-21-36(90(80,81)82)39(41(67)37(24)32)63-60-30-5-1-2-6-34(30)88(74,75)76)51-12-13-64-14-16-65(17-15-64)48-57-44(50)56-46(59-48)52-25-8-9-27-23(18-25)20-35(89(77,78)79)38(40(27)66)62-61-31-11-10-28-29(42(31)91(83,84)85)4-3-7-33(28)87(71,72)73;/h1-11,18-22,66-67H,12-17H2,(H,68,69,70)(H,71,72,73)(H,74,75,76)(H,77,78,79)(H,80,81,82)(H,83,84,85)(H,52,56,57,59)(H2,51,53,54,55,58);. The summed E-state index contributed by atoms with van der Waals surface area (Å²) in [4.78, 5) is 23.6. The van der Waals surface area contributed by atoms with E-state index in [2.05, 4.69) is 66.3 Å². The second-order valence-electron chi connectivity index (χ2n) is 19.1. The molecule has 92 heavy (non-hydrogen) atoms. The number of rotatable bonds is 19. The van der Waals surface area contributed by atoms with E-state index in [1.54, 1.807) is 4.90 Å². The van der Waals surface area contributed by atoms with E-state index in [0.29, 0.717) is 38.8 Å². The zero-order valence-electron chi connectivity index (χ0n) is 46.0. The molecule has 0 aliphatic carbocycles. The molecule has 0 saturated carbocycles. The fourth-order valence-corrected chi connectivity index (χ4v) is 13.7. The summed E-state index contributed by atoms with van der Waals surface area (Å²) in [7, 11) is -30.7. The molecular formula is C48H39Cl2N15NaO20S6. The normalized spacial score (nSPS) is 13.9. The van der Waals surface area contributed by atoms with E-state index in [1.165, 1.54) is 30.3 Å². The average Bonchev–Trinajstić information content (AvgIpc) is 0.761. The van der Waals surface area contributed by atoms with Gasteiger partial charge >= 0.3 is 0 Å². The Hall–Kier alpha value is -7.66. The molecule has 1 fully saturated rings. The number of anilines is 6. The van der Waals surface area contributed by atoms with Gasteiger partial charge in [0.1, 0.15) is 47.2 Å². The van der Waals surface area contributed by atoms with E-state index < -0.39 is 157 Å². The number of fused-ring (bicyclic) bond motifs is 3. The molecule has 11 N–H and O–H groups in total. The molecule has 44 heteroatoms. The van der Waals surface area contributed by atoms with Crippen molar-refractivity contribution in [3.05, 3.63) is 108 Å². The fourth-order valence-electron chi connectivity index (χ4n) is 9.32. The van der Waals surface area contributed by atoms with Crippen molar-refractivity contribution >= 4 is 204 Å². The zero-order valence-corrected chi connectivity index (χ0v) is 54.4. The maximum atomic E-state index is 12.7. The summed E-state index contributed by atoms with van der Waals surface area (Å²) < 4.78 is 209. The van der Waals surface area contributed by atoms with Gasteiger partial charge in [-0.2, -0.15) is 80.4 Å². The Kier molecular flexibility index (Phi) is 19.4. The van der Waals surface area contributed by atoms with Gasteiger partial charge in [-0.1, -0.05) is 30.3 Å². The third-order valence-electron chi connectivity index (χ3n) is 13.2. The molecule has 35 nitrogen and oxygen atoms in total. The molecule has 10 rings (SSSR count). The Morgan fingerprint density at radius 3 is 1.67 bits per heavy atom. The third kappa shape index (κ3) is 15.2. The van der Waals surface area contributed by atoms with Crippen LogP contribution in [0.1, 0.15) is 0 Å². The van der Waals surface area contributed by atoms with Gasteiger partial charge in [-0.3, -0.25) is 32.2 Å². The van der Waals surface area contributed by atoms with E-state index in [4.69, 9.17) is 23.2 Å². The molecular weight excluding hydrogens is 1390 g/mol. The van der Waals surface area contributed by atoms with Crippen LogP contribution < -0.4 is 20.9 Å². The zero-order chi connectivity index (χ0) is 65.9. The summed E-state index contributed by atoms with van der Waals surface area (Å²) in [5, 5.41) is 44.0. The molecule has 9 aromatic rings. The maximum absolute atomic E-state index is 12.7. The van der Waals surface area contributed by atoms with Crippen molar-refractivity contribution in [1.82, 2.24) is 34.8 Å². The number of nitrogens with zero attached hydrogens (tertiary/aromatic N) is 12. The topological polar surface area (TPSA) is 536 Å². The number of hydrogen-bond acceptors (Lipinski definition) is 29. The first-order valence-electron chi connectivity index (χ1n) is 25.1. The summed E-state index contributed by atoms with van der Waals surface area (Å²) in [6.07, 6.45) is 0. The number of azo groups is 2. The number of phenols is 2. The quantitative estimate of drug-likeness (QED) is 0.0223. The Labute approximate surface area is 551 Å². The molecule has 0 atom stereocenters. The summed E-state index contributed by atoms with van der Waals surface area (Å²) >= 11 is 12.6. The van der Waals surface area contributed by atoms with Crippen LogP contribution in [0.15, 0.2) is 147 Å². The number of piperazine rings is 1. The predicted octanol–water partition coefficient (Wildman–Crippen LogP) is 6.89. The van der Waals surface area contributed by atoms with E-state index >= 15 is 0 Å². The Morgan fingerprint density at radius 1 is 0.478 bits per heavy atom. The van der Waals surface area contributed by atoms with Gasteiger partial charge in [0.15, 0.2) is 11.5 Å². The van der Waals surface area contributed by atoms with Gasteiger partial charge in [0.2, 0.25) is 34.4 Å². The molecule has 1 aliphatic rings. The van der Waals surface area contributed by atoms with Crippen LogP contribution in [0, 0.1) is 0 Å². The fraction of sp³-hybridized carbons (Fsp3) is 0.125. The van der Waals surface area contributed by atoms with Crippen LogP contribution in [0.3, 0.4) is 0 Å². The summed E-state index contributed by atoms with van der Waals surface area (Å²) in [5.74, 6) is -2.41. The molecule has 3 heterocycles. The van der Waals surface area contributed by atoms with Gasteiger partial charge in [0.05, 0.1) is 10.6 Å². The Morgan fingerprint density at radius 2 is 1.04 bits per heavy atom. The van der Waals surface area contributed by atoms with Crippen molar-refractivity contribution in [1.29, 1.82) is 0 Å². The van der Waals surface area contributed by atoms with Crippen molar-refractivity contribution in [2.45, 2.75) is 29.4 Å². The van der Waals surface area contributed by atoms with Crippen molar-refractivity contribution in [2.75, 3.05) is 60.1 Å². The number of halogens is 2. The van der Waals surface area contributed by atoms with Gasteiger partial charge in [0.25, 0.3) is 60.7 Å². The molecule has 0 unspecified atom stereocenters. The van der Waals surface area contributed by atoms with Crippen LogP contribution in [0.5, 0.6) is 11.5 Å². The van der Waals surface area contributed by atoms with Crippen LogP contribution >= 0.6 is 23.2 Å². The number of phenolic OH excluding ortho intramolecular Hbond substituents is 2. The molecule has 477 valence electrons. The minimum absolute atomic E-state index is 0. The predicted molar refractivity (Wildman–Crippen MR) is 328 cm³/mol. The first-order chi connectivity index (χ1) is 42.5. The molecule has 0 bridgehead atoms. The molecule has 0 amide bonds. The van der Waals surface area contributed by atoms with Gasteiger partial charge in [-0.05, 0) is 101 Å². The monoisotopic (exact) mass is 1430 g/mol. The van der Waals surface area contributed by atoms with E-state index in [0.717, 1.165) is 60.7 Å². The van der Waals surface area contributed by atoms with Crippen LogP contribution in [0.2, 0.25) is 10.6 Å². The van der Waals surface area contributed by atoms with Crippen molar-refractivity contribution in [2.24, 2.45) is 20.5 Å². The molecule has 1 radical (unpaired) electrons. The number of nitrogens with one attached hydrogen (secondary N) is 3. The Balaban J connectivity index is 0.00001000. The van der Waals surface area contributed by atoms with E-state index in [9.17, 15) is 88.0 Å². The summed E-state index contributed by atoms with van der Waals surface area (Å²) in [6.45, 7) is 2.10. The second kappa shape index (κ2) is 26.0. The largest absolute Gasteiger partial charge is 0.505 e.